The summed E-state index contributed by atoms with van der Waals surface area (Å²) in [7, 11) is -1.39. The van der Waals surface area contributed by atoms with Gasteiger partial charge in [-0.25, -0.2) is 8.93 Å². The number of carbonyl (C=O) groups excluding carboxylic acids is 1. The topological polar surface area (TPSA) is 62.3 Å². The van der Waals surface area contributed by atoms with Crippen LogP contribution < -0.4 is 9.62 Å². The minimum absolute atomic E-state index is 0.0631. The highest BCUT2D eigenvalue weighted by atomic mass is 35.5. The molecule has 5 nitrogen and oxygen atoms in total. The Kier molecular flexibility index (Phi) is 7.56. The van der Waals surface area contributed by atoms with Gasteiger partial charge in [0, 0.05) is 28.4 Å². The first-order chi connectivity index (χ1) is 17.4. The molecule has 188 valence electrons. The summed E-state index contributed by atoms with van der Waals surface area (Å²) < 4.78 is 16.4. The summed E-state index contributed by atoms with van der Waals surface area (Å²) in [6.45, 7) is 4.57. The van der Waals surface area contributed by atoms with Crippen LogP contribution in [0.1, 0.15) is 61.2 Å². The van der Waals surface area contributed by atoms with E-state index in [4.69, 9.17) is 11.6 Å². The normalized spacial score (nSPS) is 21.5. The second-order valence-electron chi connectivity index (χ2n) is 9.88. The Labute approximate surface area is 220 Å². The molecule has 0 saturated heterocycles. The summed E-state index contributed by atoms with van der Waals surface area (Å²) in [4.78, 5) is 20.9. The maximum absolute atomic E-state index is 13.6. The van der Waals surface area contributed by atoms with Gasteiger partial charge in [0.15, 0.2) is 0 Å². The van der Waals surface area contributed by atoms with Gasteiger partial charge in [-0.3, -0.25) is 9.78 Å². The van der Waals surface area contributed by atoms with E-state index in [1.54, 1.807) is 12.1 Å². The lowest BCUT2D eigenvalue weighted by Gasteiger charge is -2.29. The average molecular weight is 522 g/mol. The van der Waals surface area contributed by atoms with Crippen LogP contribution in [0.2, 0.25) is 5.02 Å². The van der Waals surface area contributed by atoms with E-state index in [9.17, 15) is 9.00 Å². The van der Waals surface area contributed by atoms with Gasteiger partial charge >= 0.3 is 0 Å². The Morgan fingerprint density at radius 2 is 2.00 bits per heavy atom. The second-order valence-corrected chi connectivity index (χ2v) is 11.6. The van der Waals surface area contributed by atoms with Crippen LogP contribution in [0.5, 0.6) is 0 Å². The molecule has 3 aromatic rings. The molecular formula is C29H32ClN3O2S. The Bertz CT molecular complexity index is 1300. The van der Waals surface area contributed by atoms with Crippen LogP contribution >= 0.6 is 11.6 Å². The zero-order chi connectivity index (χ0) is 25.2. The Balaban J connectivity index is 1.44. The number of benzene rings is 2. The lowest BCUT2D eigenvalue weighted by atomic mass is 9.87. The maximum Gasteiger partial charge on any atom is 0.230 e. The average Bonchev–Trinajstić information content (AvgIpc) is 3.67. The van der Waals surface area contributed by atoms with Crippen molar-refractivity contribution in [3.63, 3.8) is 0 Å². The van der Waals surface area contributed by atoms with Crippen molar-refractivity contribution in [2.45, 2.75) is 63.4 Å². The van der Waals surface area contributed by atoms with Gasteiger partial charge in [-0.15, -0.1) is 0 Å². The van der Waals surface area contributed by atoms with Crippen molar-refractivity contribution >= 4 is 34.2 Å². The molecule has 5 rings (SSSR count). The predicted molar refractivity (Wildman–Crippen MR) is 145 cm³/mol. The first-order valence-corrected chi connectivity index (χ1v) is 14.3. The van der Waals surface area contributed by atoms with Gasteiger partial charge in [-0.2, -0.15) is 0 Å². The third-order valence-electron chi connectivity index (χ3n) is 7.31. The van der Waals surface area contributed by atoms with E-state index in [1.165, 1.54) is 5.56 Å². The molecule has 1 amide bonds. The molecule has 36 heavy (non-hydrogen) atoms. The van der Waals surface area contributed by atoms with Gasteiger partial charge in [0.25, 0.3) is 0 Å². The SMILES string of the molecule is CC[C@H]1C[C@@H]1C(=O)N(Cc1cccc(C)n1)c1ccc2c(c1)C(NS(=O)c1cccc(Cl)c1)CCC2. The number of nitrogens with zero attached hydrogens (tertiary/aromatic N) is 2. The lowest BCUT2D eigenvalue weighted by molar-refractivity contribution is -0.120. The van der Waals surface area contributed by atoms with Crippen LogP contribution in [0.25, 0.3) is 0 Å². The van der Waals surface area contributed by atoms with E-state index < -0.39 is 11.0 Å². The van der Waals surface area contributed by atoms with Gasteiger partial charge in [0.2, 0.25) is 5.91 Å². The number of aryl methyl sites for hydroxylation is 2. The predicted octanol–water partition coefficient (Wildman–Crippen LogP) is 6.31. The zero-order valence-corrected chi connectivity index (χ0v) is 22.3. The van der Waals surface area contributed by atoms with Gasteiger partial charge in [0.05, 0.1) is 17.1 Å². The van der Waals surface area contributed by atoms with Gasteiger partial charge in [-0.1, -0.05) is 43.1 Å². The minimum Gasteiger partial charge on any atom is -0.306 e. The Morgan fingerprint density at radius 1 is 1.17 bits per heavy atom. The molecule has 2 unspecified atom stereocenters. The Hall–Kier alpha value is -2.54. The molecule has 1 saturated carbocycles. The molecule has 7 heteroatoms. The summed E-state index contributed by atoms with van der Waals surface area (Å²) in [5.74, 6) is 0.727. The van der Waals surface area contributed by atoms with Crippen LogP contribution in [0.3, 0.4) is 0 Å². The number of hydrogen-bond donors (Lipinski definition) is 1. The number of anilines is 1. The standard InChI is InChI=1S/C29H32ClN3O2S/c1-3-20-15-27(20)29(34)33(18-23-10-4-7-19(2)31-23)24-14-13-21-8-5-12-28(26(21)17-24)32-36(35)25-11-6-9-22(30)16-25/h4,6-7,9-11,13-14,16-17,20,27-28,32H,3,5,8,12,15,18H2,1-2H3/t20-,27-,28?,36?/m0/s1. The monoisotopic (exact) mass is 521 g/mol. The fourth-order valence-electron chi connectivity index (χ4n) is 5.20. The molecule has 1 heterocycles. The van der Waals surface area contributed by atoms with Crippen LogP contribution in [0.15, 0.2) is 65.6 Å². The third-order valence-corrected chi connectivity index (χ3v) is 8.73. The number of fused-ring (bicyclic) bond motifs is 1. The summed E-state index contributed by atoms with van der Waals surface area (Å²) in [5, 5.41) is 0.568. The number of rotatable bonds is 8. The van der Waals surface area contributed by atoms with Crippen molar-refractivity contribution in [2.24, 2.45) is 11.8 Å². The fourth-order valence-corrected chi connectivity index (χ4v) is 6.53. The molecule has 0 aliphatic heterocycles. The summed E-state index contributed by atoms with van der Waals surface area (Å²) in [6, 6.07) is 19.4. The van der Waals surface area contributed by atoms with Crippen molar-refractivity contribution in [3.8, 4) is 0 Å². The van der Waals surface area contributed by atoms with Crippen LogP contribution in [-0.4, -0.2) is 15.1 Å². The number of amides is 1. The highest BCUT2D eigenvalue weighted by molar-refractivity contribution is 7.83. The van der Waals surface area contributed by atoms with Crippen LogP contribution in [0.4, 0.5) is 5.69 Å². The number of aromatic nitrogens is 1. The molecule has 1 N–H and O–H groups in total. The number of pyridine rings is 1. The van der Waals surface area contributed by atoms with E-state index in [0.29, 0.717) is 22.4 Å². The van der Waals surface area contributed by atoms with Crippen molar-refractivity contribution in [1.29, 1.82) is 0 Å². The number of hydrogen-bond acceptors (Lipinski definition) is 3. The lowest BCUT2D eigenvalue weighted by Crippen LogP contribution is -2.33. The zero-order valence-electron chi connectivity index (χ0n) is 20.7. The molecule has 2 aliphatic rings. The first kappa shape index (κ1) is 25.1. The van der Waals surface area contributed by atoms with Gasteiger partial charge in [-0.05, 0) is 92.1 Å². The fraction of sp³-hybridized carbons (Fsp3) is 0.379. The van der Waals surface area contributed by atoms with E-state index in [2.05, 4.69) is 34.8 Å². The van der Waals surface area contributed by atoms with Crippen molar-refractivity contribution in [2.75, 3.05) is 4.90 Å². The van der Waals surface area contributed by atoms with Gasteiger partial charge < -0.3 is 4.90 Å². The molecular weight excluding hydrogens is 490 g/mol. The molecule has 0 radical (unpaired) electrons. The smallest absolute Gasteiger partial charge is 0.230 e. The molecule has 2 aliphatic carbocycles. The van der Waals surface area contributed by atoms with E-state index in [-0.39, 0.29) is 17.9 Å². The third kappa shape index (κ3) is 5.56. The largest absolute Gasteiger partial charge is 0.306 e. The van der Waals surface area contributed by atoms with Crippen LogP contribution in [0, 0.1) is 18.8 Å². The maximum atomic E-state index is 13.6. The highest BCUT2D eigenvalue weighted by Gasteiger charge is 2.44. The molecule has 0 spiro atoms. The van der Waals surface area contributed by atoms with Gasteiger partial charge in [0.1, 0.15) is 11.0 Å². The van der Waals surface area contributed by atoms with E-state index in [0.717, 1.165) is 54.7 Å². The number of carbonyl (C=O) groups is 1. The summed E-state index contributed by atoms with van der Waals surface area (Å²) >= 11 is 6.12. The Morgan fingerprint density at radius 3 is 2.75 bits per heavy atom. The minimum atomic E-state index is -1.39. The van der Waals surface area contributed by atoms with Crippen molar-refractivity contribution in [3.05, 3.63) is 88.2 Å². The molecule has 4 atom stereocenters. The quantitative estimate of drug-likeness (QED) is 0.377. The van der Waals surface area contributed by atoms with Crippen LogP contribution in [-0.2, 0) is 28.7 Å². The number of nitrogens with one attached hydrogen (secondary N) is 1. The van der Waals surface area contributed by atoms with E-state index in [1.807, 2.05) is 42.2 Å². The summed E-state index contributed by atoms with van der Waals surface area (Å²) in [6.07, 6.45) is 4.87. The molecule has 0 bridgehead atoms. The second kappa shape index (κ2) is 10.8. The summed E-state index contributed by atoms with van der Waals surface area (Å²) in [5.41, 5.74) is 5.06. The molecule has 1 fully saturated rings. The van der Waals surface area contributed by atoms with Crippen molar-refractivity contribution in [1.82, 2.24) is 9.71 Å². The molecule has 1 aromatic heterocycles. The first-order valence-electron chi connectivity index (χ1n) is 12.7. The number of halogens is 1. The molecule has 2 aromatic carbocycles. The van der Waals surface area contributed by atoms with E-state index >= 15 is 0 Å². The highest BCUT2D eigenvalue weighted by Crippen LogP contribution is 2.44. The van der Waals surface area contributed by atoms with Crippen molar-refractivity contribution < 1.29 is 9.00 Å².